The smallest absolute Gasteiger partial charge is 0.118 e. The van der Waals surface area contributed by atoms with Crippen molar-refractivity contribution in [1.82, 2.24) is 4.90 Å². The number of methoxy groups -OCH3 is 1. The summed E-state index contributed by atoms with van der Waals surface area (Å²) in [5.74, 6) is 0.931. The topological polar surface area (TPSA) is 21.7 Å². The first kappa shape index (κ1) is 13.4. The fourth-order valence-electron chi connectivity index (χ4n) is 2.37. The van der Waals surface area contributed by atoms with Gasteiger partial charge in [0.25, 0.3) is 0 Å². The summed E-state index contributed by atoms with van der Waals surface area (Å²) in [6.45, 7) is 6.22. The van der Waals surface area contributed by atoms with Crippen LogP contribution < -0.4 is 4.74 Å². The van der Waals surface area contributed by atoms with E-state index in [2.05, 4.69) is 24.0 Å². The number of ether oxygens (including phenoxy) is 2. The first-order valence-corrected chi connectivity index (χ1v) is 6.74. The molecular formula is C15H23NO2. The highest BCUT2D eigenvalue weighted by Gasteiger charge is 2.16. The quantitative estimate of drug-likeness (QED) is 0.799. The van der Waals surface area contributed by atoms with E-state index in [1.807, 2.05) is 12.1 Å². The van der Waals surface area contributed by atoms with E-state index in [-0.39, 0.29) is 0 Å². The summed E-state index contributed by atoms with van der Waals surface area (Å²) in [5, 5.41) is 0. The van der Waals surface area contributed by atoms with Crippen LogP contribution >= 0.6 is 0 Å². The molecule has 0 unspecified atom stereocenters. The van der Waals surface area contributed by atoms with Crippen molar-refractivity contribution >= 4 is 0 Å². The van der Waals surface area contributed by atoms with Crippen LogP contribution in [0.25, 0.3) is 0 Å². The van der Waals surface area contributed by atoms with Crippen LogP contribution in [-0.4, -0.2) is 44.4 Å². The molecule has 1 saturated heterocycles. The van der Waals surface area contributed by atoms with E-state index >= 15 is 0 Å². The molecule has 0 saturated carbocycles. The average Bonchev–Trinajstić information content (AvgIpc) is 2.46. The maximum atomic E-state index is 5.38. The molecule has 3 nitrogen and oxygen atoms in total. The molecule has 0 aliphatic carbocycles. The molecule has 1 aliphatic heterocycles. The van der Waals surface area contributed by atoms with Crippen molar-refractivity contribution in [3.8, 4) is 5.75 Å². The molecule has 0 aromatic heterocycles. The number of morpholine rings is 1. The first-order chi connectivity index (χ1) is 8.79. The second-order valence-corrected chi connectivity index (χ2v) is 4.88. The Labute approximate surface area is 110 Å². The van der Waals surface area contributed by atoms with Gasteiger partial charge in [0.2, 0.25) is 0 Å². The summed E-state index contributed by atoms with van der Waals surface area (Å²) in [7, 11) is 1.70. The summed E-state index contributed by atoms with van der Waals surface area (Å²) < 4.78 is 10.6. The number of hydrogen-bond acceptors (Lipinski definition) is 3. The minimum Gasteiger partial charge on any atom is -0.497 e. The molecule has 0 bridgehead atoms. The monoisotopic (exact) mass is 249 g/mol. The summed E-state index contributed by atoms with van der Waals surface area (Å²) >= 11 is 0. The van der Waals surface area contributed by atoms with Gasteiger partial charge in [0, 0.05) is 19.1 Å². The highest BCUT2D eigenvalue weighted by molar-refractivity contribution is 5.27. The highest BCUT2D eigenvalue weighted by Crippen LogP contribution is 2.15. The molecule has 0 amide bonds. The van der Waals surface area contributed by atoms with E-state index in [1.54, 1.807) is 7.11 Å². The van der Waals surface area contributed by atoms with Crippen LogP contribution in [0.2, 0.25) is 0 Å². The lowest BCUT2D eigenvalue weighted by Crippen LogP contribution is -2.42. The Bertz CT molecular complexity index is 344. The van der Waals surface area contributed by atoms with Crippen molar-refractivity contribution in [2.24, 2.45) is 0 Å². The third-order valence-electron chi connectivity index (χ3n) is 3.68. The van der Waals surface area contributed by atoms with Crippen LogP contribution in [0.15, 0.2) is 24.3 Å². The zero-order valence-corrected chi connectivity index (χ0v) is 11.4. The molecule has 18 heavy (non-hydrogen) atoms. The largest absolute Gasteiger partial charge is 0.497 e. The van der Waals surface area contributed by atoms with E-state index in [4.69, 9.17) is 9.47 Å². The van der Waals surface area contributed by atoms with Crippen molar-refractivity contribution in [3.63, 3.8) is 0 Å². The van der Waals surface area contributed by atoms with Crippen molar-refractivity contribution < 1.29 is 9.47 Å². The lowest BCUT2D eigenvalue weighted by Gasteiger charge is -2.32. The molecule has 100 valence electrons. The minimum atomic E-state index is 0.635. The van der Waals surface area contributed by atoms with Gasteiger partial charge >= 0.3 is 0 Å². The lowest BCUT2D eigenvalue weighted by atomic mass is 10.0. The van der Waals surface area contributed by atoms with Crippen LogP contribution in [0, 0.1) is 0 Å². The Kier molecular flexibility index (Phi) is 5.02. The van der Waals surface area contributed by atoms with E-state index < -0.39 is 0 Å². The van der Waals surface area contributed by atoms with Crippen molar-refractivity contribution in [2.75, 3.05) is 33.4 Å². The van der Waals surface area contributed by atoms with Gasteiger partial charge in [0.1, 0.15) is 5.75 Å². The Morgan fingerprint density at radius 2 is 1.89 bits per heavy atom. The Hall–Kier alpha value is -1.06. The van der Waals surface area contributed by atoms with Crippen molar-refractivity contribution in [2.45, 2.75) is 25.8 Å². The lowest BCUT2D eigenvalue weighted by molar-refractivity contribution is 0.0187. The summed E-state index contributed by atoms with van der Waals surface area (Å²) in [5.41, 5.74) is 1.39. The van der Waals surface area contributed by atoms with Gasteiger partial charge in [-0.15, -0.1) is 0 Å². The maximum Gasteiger partial charge on any atom is 0.118 e. The molecule has 0 N–H and O–H groups in total. The zero-order chi connectivity index (χ0) is 12.8. The van der Waals surface area contributed by atoms with Crippen LogP contribution in [-0.2, 0) is 11.2 Å². The molecule has 1 aromatic carbocycles. The molecule has 0 radical (unpaired) electrons. The van der Waals surface area contributed by atoms with E-state index in [0.717, 1.165) is 38.5 Å². The molecular weight excluding hydrogens is 226 g/mol. The third kappa shape index (κ3) is 3.72. The van der Waals surface area contributed by atoms with Crippen LogP contribution in [0.3, 0.4) is 0 Å². The van der Waals surface area contributed by atoms with Gasteiger partial charge in [-0.2, -0.15) is 0 Å². The fraction of sp³-hybridized carbons (Fsp3) is 0.600. The number of aryl methyl sites for hydroxylation is 1. The molecule has 1 fully saturated rings. The van der Waals surface area contributed by atoms with Gasteiger partial charge in [-0.25, -0.2) is 0 Å². The predicted molar refractivity (Wildman–Crippen MR) is 73.2 cm³/mol. The Morgan fingerprint density at radius 1 is 1.22 bits per heavy atom. The highest BCUT2D eigenvalue weighted by atomic mass is 16.5. The van der Waals surface area contributed by atoms with Gasteiger partial charge in [-0.05, 0) is 37.5 Å². The molecule has 1 aliphatic rings. The second kappa shape index (κ2) is 6.76. The summed E-state index contributed by atoms with van der Waals surface area (Å²) in [6, 6.07) is 9.02. The van der Waals surface area contributed by atoms with Crippen molar-refractivity contribution in [3.05, 3.63) is 29.8 Å². The van der Waals surface area contributed by atoms with Crippen LogP contribution in [0.4, 0.5) is 0 Å². The van der Waals surface area contributed by atoms with Crippen molar-refractivity contribution in [1.29, 1.82) is 0 Å². The summed E-state index contributed by atoms with van der Waals surface area (Å²) in [6.07, 6.45) is 2.33. The van der Waals surface area contributed by atoms with E-state index in [9.17, 15) is 0 Å². The second-order valence-electron chi connectivity index (χ2n) is 4.88. The third-order valence-corrected chi connectivity index (χ3v) is 3.68. The number of rotatable bonds is 5. The Balaban J connectivity index is 1.78. The van der Waals surface area contributed by atoms with E-state index in [1.165, 1.54) is 12.0 Å². The molecule has 3 heteroatoms. The molecule has 1 atom stereocenters. The summed E-state index contributed by atoms with van der Waals surface area (Å²) in [4.78, 5) is 2.52. The van der Waals surface area contributed by atoms with Crippen LogP contribution in [0.5, 0.6) is 5.75 Å². The van der Waals surface area contributed by atoms with Gasteiger partial charge in [-0.3, -0.25) is 4.90 Å². The van der Waals surface area contributed by atoms with Gasteiger partial charge in [-0.1, -0.05) is 12.1 Å². The minimum absolute atomic E-state index is 0.635. The van der Waals surface area contributed by atoms with Crippen LogP contribution in [0.1, 0.15) is 18.9 Å². The predicted octanol–water partition coefficient (Wildman–Crippen LogP) is 2.35. The maximum absolute atomic E-state index is 5.38. The normalized spacial score (nSPS) is 18.6. The number of nitrogens with zero attached hydrogens (tertiary/aromatic N) is 1. The molecule has 1 aromatic rings. The molecule has 1 heterocycles. The van der Waals surface area contributed by atoms with Gasteiger partial charge < -0.3 is 9.47 Å². The molecule has 0 spiro atoms. The van der Waals surface area contributed by atoms with Gasteiger partial charge in [0.15, 0.2) is 0 Å². The SMILES string of the molecule is COc1ccc(CC[C@@H](C)N2CCOCC2)cc1. The molecule has 2 rings (SSSR count). The fourth-order valence-corrected chi connectivity index (χ4v) is 2.37. The Morgan fingerprint density at radius 3 is 2.50 bits per heavy atom. The zero-order valence-electron chi connectivity index (χ0n) is 11.4. The van der Waals surface area contributed by atoms with Gasteiger partial charge in [0.05, 0.1) is 20.3 Å². The average molecular weight is 249 g/mol. The van der Waals surface area contributed by atoms with E-state index in [0.29, 0.717) is 6.04 Å². The standard InChI is InChI=1S/C15H23NO2/c1-13(16-9-11-18-12-10-16)3-4-14-5-7-15(17-2)8-6-14/h5-8,13H,3-4,9-12H2,1-2H3/t13-/m1/s1. The number of hydrogen-bond donors (Lipinski definition) is 0. The first-order valence-electron chi connectivity index (χ1n) is 6.74. The number of benzene rings is 1.